The van der Waals surface area contributed by atoms with Gasteiger partial charge in [0.1, 0.15) is 0 Å². The maximum absolute atomic E-state index is 5.19. The van der Waals surface area contributed by atoms with Crippen molar-refractivity contribution >= 4 is 23.2 Å². The lowest BCUT2D eigenvalue weighted by Gasteiger charge is -1.66. The van der Waals surface area contributed by atoms with E-state index in [9.17, 15) is 0 Å². The van der Waals surface area contributed by atoms with E-state index in [2.05, 4.69) is 0 Å². The minimum Gasteiger partial charge on any atom is -0.0930 e. The molecular weight excluding hydrogens is 143 g/mol. The number of hydrogen-bond donors (Lipinski definition) is 0. The van der Waals surface area contributed by atoms with Crippen molar-refractivity contribution < 1.29 is 0 Å². The lowest BCUT2D eigenvalue weighted by molar-refractivity contribution is 1.96. The van der Waals surface area contributed by atoms with Crippen molar-refractivity contribution in [2.75, 3.05) is 0 Å². The van der Waals surface area contributed by atoms with Gasteiger partial charge in [-0.25, -0.2) is 0 Å². The van der Waals surface area contributed by atoms with Crippen molar-refractivity contribution in [2.45, 2.75) is 0 Å². The van der Waals surface area contributed by atoms with Gasteiger partial charge in [0, 0.05) is 11.1 Å². The van der Waals surface area contributed by atoms with Crippen LogP contribution >= 0.6 is 23.2 Å². The Morgan fingerprint density at radius 1 is 0.625 bits per heavy atom. The Balaban J connectivity index is 3.35. The molecule has 0 rings (SSSR count). The minimum atomic E-state index is 1.43. The van der Waals surface area contributed by atoms with E-state index < -0.39 is 0 Å². The van der Waals surface area contributed by atoms with Crippen molar-refractivity contribution in [3.8, 4) is 0 Å². The summed E-state index contributed by atoms with van der Waals surface area (Å²) in [6.07, 6.45) is 6.98. The number of allylic oxidation sites excluding steroid dienone is 4. The van der Waals surface area contributed by atoms with E-state index in [1.54, 1.807) is 24.3 Å². The van der Waals surface area contributed by atoms with Gasteiger partial charge in [0.2, 0.25) is 0 Å². The van der Waals surface area contributed by atoms with Crippen molar-refractivity contribution in [1.29, 1.82) is 0 Å². The first kappa shape index (κ1) is 7.80. The second kappa shape index (κ2) is 6.80. The first-order valence-electron chi connectivity index (χ1n) is 2.10. The van der Waals surface area contributed by atoms with Crippen molar-refractivity contribution in [3.63, 3.8) is 0 Å². The van der Waals surface area contributed by atoms with Crippen LogP contribution in [0.1, 0.15) is 0 Å². The molecule has 0 atom stereocenters. The molecule has 0 aliphatic rings. The standard InChI is InChI=1S/C6H6Cl2/c7-5-3-1-2-4-6-8/h1-6H/b2-1+,5-3+,6-4+. The molecule has 0 nitrogen and oxygen atoms in total. The quantitative estimate of drug-likeness (QED) is 0.529. The smallest absolute Gasteiger partial charge is 0.00424 e. The predicted octanol–water partition coefficient (Wildman–Crippen LogP) is 3.05. The minimum absolute atomic E-state index is 1.43. The Bertz CT molecular complexity index is 97.7. The van der Waals surface area contributed by atoms with Crippen LogP contribution in [0.5, 0.6) is 0 Å². The third kappa shape index (κ3) is 5.80. The van der Waals surface area contributed by atoms with Crippen molar-refractivity contribution in [2.24, 2.45) is 0 Å². The number of rotatable bonds is 2. The summed E-state index contributed by atoms with van der Waals surface area (Å²) in [7, 11) is 0. The van der Waals surface area contributed by atoms with Crippen molar-refractivity contribution in [1.82, 2.24) is 0 Å². The van der Waals surface area contributed by atoms with Gasteiger partial charge in [-0.1, -0.05) is 47.5 Å². The van der Waals surface area contributed by atoms with Gasteiger partial charge in [0.25, 0.3) is 0 Å². The highest BCUT2D eigenvalue weighted by Crippen LogP contribution is 1.83. The topological polar surface area (TPSA) is 0 Å². The zero-order valence-corrected chi connectivity index (χ0v) is 5.73. The fraction of sp³-hybridized carbons (Fsp3) is 0. The number of hydrogen-bond acceptors (Lipinski definition) is 0. The maximum Gasteiger partial charge on any atom is 0.00424 e. The SMILES string of the molecule is Cl/C=C/C=C/C=C/Cl. The van der Waals surface area contributed by atoms with Crippen LogP contribution in [0.4, 0.5) is 0 Å². The first-order valence-corrected chi connectivity index (χ1v) is 2.98. The molecule has 0 aromatic heterocycles. The average Bonchev–Trinajstić information content (AvgIpc) is 1.81. The fourth-order valence-electron chi connectivity index (χ4n) is 0.212. The average molecular weight is 149 g/mol. The summed E-state index contributed by atoms with van der Waals surface area (Å²) in [4.78, 5) is 0. The molecule has 0 N–H and O–H groups in total. The van der Waals surface area contributed by atoms with Gasteiger partial charge >= 0.3 is 0 Å². The molecule has 0 amide bonds. The largest absolute Gasteiger partial charge is 0.0930 e. The van der Waals surface area contributed by atoms with E-state index in [-0.39, 0.29) is 0 Å². The second-order valence-corrected chi connectivity index (χ2v) is 1.53. The van der Waals surface area contributed by atoms with E-state index in [4.69, 9.17) is 23.2 Å². The Hall–Kier alpha value is -0.200. The van der Waals surface area contributed by atoms with E-state index in [0.29, 0.717) is 0 Å². The Kier molecular flexibility index (Phi) is 6.63. The van der Waals surface area contributed by atoms with Gasteiger partial charge in [0.15, 0.2) is 0 Å². The molecule has 0 aromatic carbocycles. The molecule has 0 saturated heterocycles. The summed E-state index contributed by atoms with van der Waals surface area (Å²) in [6, 6.07) is 0. The Labute approximate surface area is 59.1 Å². The van der Waals surface area contributed by atoms with Gasteiger partial charge in [-0.05, 0) is 0 Å². The number of halogens is 2. The molecule has 0 aliphatic heterocycles. The molecule has 0 bridgehead atoms. The molecule has 0 radical (unpaired) electrons. The van der Waals surface area contributed by atoms with E-state index in [1.165, 1.54) is 11.1 Å². The highest BCUT2D eigenvalue weighted by atomic mass is 35.5. The molecule has 0 spiro atoms. The summed E-state index contributed by atoms with van der Waals surface area (Å²) in [6.45, 7) is 0. The van der Waals surface area contributed by atoms with Crippen LogP contribution in [0.2, 0.25) is 0 Å². The molecule has 0 fully saturated rings. The van der Waals surface area contributed by atoms with Crippen LogP contribution < -0.4 is 0 Å². The second-order valence-electron chi connectivity index (χ2n) is 1.02. The molecule has 0 aliphatic carbocycles. The van der Waals surface area contributed by atoms with Crippen LogP contribution in [0, 0.1) is 0 Å². The molecular formula is C6H6Cl2. The fourth-order valence-corrected chi connectivity index (χ4v) is 0.380. The Morgan fingerprint density at radius 2 is 1.00 bits per heavy atom. The molecule has 0 saturated carbocycles. The van der Waals surface area contributed by atoms with Crippen LogP contribution in [0.3, 0.4) is 0 Å². The normalized spacial score (nSPS) is 12.8. The van der Waals surface area contributed by atoms with E-state index in [1.807, 2.05) is 0 Å². The van der Waals surface area contributed by atoms with Crippen LogP contribution in [0.15, 0.2) is 35.4 Å². The molecule has 44 valence electrons. The monoisotopic (exact) mass is 148 g/mol. The van der Waals surface area contributed by atoms with E-state index >= 15 is 0 Å². The van der Waals surface area contributed by atoms with Gasteiger partial charge in [-0.3, -0.25) is 0 Å². The third-order valence-electron chi connectivity index (χ3n) is 0.479. The van der Waals surface area contributed by atoms with Gasteiger partial charge in [-0.15, -0.1) is 0 Å². The maximum atomic E-state index is 5.19. The van der Waals surface area contributed by atoms with Crippen LogP contribution in [0.25, 0.3) is 0 Å². The predicted molar refractivity (Wildman–Crippen MR) is 39.1 cm³/mol. The molecule has 0 unspecified atom stereocenters. The highest BCUT2D eigenvalue weighted by Gasteiger charge is 1.57. The zero-order valence-electron chi connectivity index (χ0n) is 4.22. The van der Waals surface area contributed by atoms with Crippen molar-refractivity contribution in [3.05, 3.63) is 35.4 Å². The summed E-state index contributed by atoms with van der Waals surface area (Å²) in [5.74, 6) is 0. The lowest BCUT2D eigenvalue weighted by Crippen LogP contribution is -1.43. The molecule has 0 aromatic rings. The lowest BCUT2D eigenvalue weighted by atomic mass is 10.5. The Morgan fingerprint density at radius 3 is 1.25 bits per heavy atom. The molecule has 0 heterocycles. The van der Waals surface area contributed by atoms with Gasteiger partial charge in [-0.2, -0.15) is 0 Å². The molecule has 2 heteroatoms. The summed E-state index contributed by atoms with van der Waals surface area (Å²) in [5.41, 5.74) is 2.86. The van der Waals surface area contributed by atoms with E-state index in [0.717, 1.165) is 0 Å². The highest BCUT2D eigenvalue weighted by molar-refractivity contribution is 6.25. The van der Waals surface area contributed by atoms with Crippen LogP contribution in [-0.4, -0.2) is 0 Å². The molecule has 8 heavy (non-hydrogen) atoms. The summed E-state index contributed by atoms with van der Waals surface area (Å²) in [5, 5.41) is 0. The third-order valence-corrected chi connectivity index (χ3v) is 0.770. The van der Waals surface area contributed by atoms with Gasteiger partial charge < -0.3 is 0 Å². The first-order chi connectivity index (χ1) is 3.91. The van der Waals surface area contributed by atoms with Crippen LogP contribution in [-0.2, 0) is 0 Å². The summed E-state index contributed by atoms with van der Waals surface area (Å²) >= 11 is 10.4. The summed E-state index contributed by atoms with van der Waals surface area (Å²) < 4.78 is 0. The van der Waals surface area contributed by atoms with Gasteiger partial charge in [0.05, 0.1) is 0 Å². The zero-order chi connectivity index (χ0) is 6.24.